The van der Waals surface area contributed by atoms with Crippen molar-refractivity contribution in [2.45, 2.75) is 51.9 Å². The second kappa shape index (κ2) is 11.5. The zero-order chi connectivity index (χ0) is 36.1. The van der Waals surface area contributed by atoms with Gasteiger partial charge in [-0.25, -0.2) is 4.98 Å². The Morgan fingerprint density at radius 2 is 1.02 bits per heavy atom. The van der Waals surface area contributed by atoms with Crippen molar-refractivity contribution >= 4 is 43.6 Å². The second-order valence-corrected chi connectivity index (χ2v) is 16.0. The highest BCUT2D eigenvalue weighted by Crippen LogP contribution is 2.50. The van der Waals surface area contributed by atoms with Crippen molar-refractivity contribution in [1.82, 2.24) is 24.1 Å². The summed E-state index contributed by atoms with van der Waals surface area (Å²) in [4.78, 5) is 15.6. The van der Waals surface area contributed by atoms with Crippen LogP contribution in [-0.4, -0.2) is 24.1 Å². The number of fused-ring (bicyclic) bond motifs is 8. The van der Waals surface area contributed by atoms with Crippen LogP contribution < -0.4 is 0 Å². The van der Waals surface area contributed by atoms with Crippen LogP contribution in [0.3, 0.4) is 0 Å². The molecule has 1 aliphatic rings. The molecule has 258 valence electrons. The van der Waals surface area contributed by atoms with Crippen molar-refractivity contribution in [3.63, 3.8) is 0 Å². The van der Waals surface area contributed by atoms with E-state index in [4.69, 9.17) is 15.0 Å². The van der Waals surface area contributed by atoms with Gasteiger partial charge in [-0.1, -0.05) is 150 Å². The number of nitrogens with zero attached hydrogens (tertiary/aromatic N) is 5. The molecule has 3 heterocycles. The van der Waals surface area contributed by atoms with Gasteiger partial charge in [-0.05, 0) is 58.6 Å². The first-order valence-electron chi connectivity index (χ1n) is 18.7. The van der Waals surface area contributed by atoms with Crippen LogP contribution in [0.2, 0.25) is 0 Å². The zero-order valence-electron chi connectivity index (χ0n) is 30.8. The lowest BCUT2D eigenvalue weighted by Crippen LogP contribution is -2.40. The van der Waals surface area contributed by atoms with Crippen LogP contribution in [0, 0.1) is 5.92 Å². The third-order valence-electron chi connectivity index (χ3n) is 12.1. The van der Waals surface area contributed by atoms with Gasteiger partial charge < -0.3 is 4.57 Å². The van der Waals surface area contributed by atoms with Crippen LogP contribution in [0.1, 0.15) is 52.2 Å². The molecule has 10 rings (SSSR count). The first-order valence-corrected chi connectivity index (χ1v) is 18.7. The highest BCUT2D eigenvalue weighted by Gasteiger charge is 2.42. The first kappa shape index (κ1) is 31.6. The zero-order valence-corrected chi connectivity index (χ0v) is 30.8. The van der Waals surface area contributed by atoms with Crippen molar-refractivity contribution in [3.8, 4) is 34.4 Å². The van der Waals surface area contributed by atoms with Gasteiger partial charge in [0.2, 0.25) is 5.95 Å². The Bertz CT molecular complexity index is 2820. The van der Waals surface area contributed by atoms with Gasteiger partial charge >= 0.3 is 0 Å². The number of hydrogen-bond donors (Lipinski definition) is 0. The smallest absolute Gasteiger partial charge is 0.238 e. The molecule has 0 spiro atoms. The summed E-state index contributed by atoms with van der Waals surface area (Å²) in [5, 5.41) is 4.74. The van der Waals surface area contributed by atoms with Crippen LogP contribution in [0.4, 0.5) is 0 Å². The largest absolute Gasteiger partial charge is 0.307 e. The number of aromatic nitrogens is 5. The number of benzene rings is 6. The van der Waals surface area contributed by atoms with Gasteiger partial charge in [-0.2, -0.15) is 9.97 Å². The van der Waals surface area contributed by atoms with Crippen molar-refractivity contribution in [2.24, 2.45) is 5.92 Å². The molecule has 0 amide bonds. The van der Waals surface area contributed by atoms with Crippen LogP contribution in [-0.2, 0) is 10.8 Å². The summed E-state index contributed by atoms with van der Waals surface area (Å²) in [6.07, 6.45) is 1.17. The SMILES string of the molecule is CC1CC(C)(C)c2ccc(-n3c4ccccc4c4ccc5c6ccccc6n(-c6nc(-c7ccccc7)nc(-c7ccccc7)n6)c5c43)cc2C1(C)C. The van der Waals surface area contributed by atoms with E-state index in [-0.39, 0.29) is 10.8 Å². The summed E-state index contributed by atoms with van der Waals surface area (Å²) in [5.41, 5.74) is 10.6. The fourth-order valence-electron chi connectivity index (χ4n) is 9.06. The number of para-hydroxylation sites is 2. The summed E-state index contributed by atoms with van der Waals surface area (Å²) in [7, 11) is 0. The molecule has 1 atom stereocenters. The Hall–Kier alpha value is -6.07. The lowest BCUT2D eigenvalue weighted by molar-refractivity contribution is 0.233. The molecule has 53 heavy (non-hydrogen) atoms. The van der Waals surface area contributed by atoms with E-state index in [0.29, 0.717) is 23.5 Å². The molecule has 1 unspecified atom stereocenters. The van der Waals surface area contributed by atoms with E-state index < -0.39 is 0 Å². The summed E-state index contributed by atoms with van der Waals surface area (Å²) >= 11 is 0. The molecule has 0 fully saturated rings. The molecular formula is C48H41N5. The Labute approximate surface area is 309 Å². The fraction of sp³-hybridized carbons (Fsp3) is 0.188. The minimum absolute atomic E-state index is 0.0381. The summed E-state index contributed by atoms with van der Waals surface area (Å²) in [6, 6.07) is 49.7. The van der Waals surface area contributed by atoms with Gasteiger partial charge in [0.1, 0.15) is 0 Å². The molecule has 0 bridgehead atoms. The van der Waals surface area contributed by atoms with Crippen LogP contribution in [0.5, 0.6) is 0 Å². The van der Waals surface area contributed by atoms with Crippen molar-refractivity contribution < 1.29 is 0 Å². The van der Waals surface area contributed by atoms with Crippen LogP contribution in [0.25, 0.3) is 78.0 Å². The maximum absolute atomic E-state index is 5.27. The average Bonchev–Trinajstić information content (AvgIpc) is 3.71. The van der Waals surface area contributed by atoms with Crippen LogP contribution >= 0.6 is 0 Å². The standard InChI is InChI=1S/C48H41N5/c1-30-29-47(2,3)38-27-24-33(28-39(38)48(30,4)5)52-40-22-14-12-20-34(40)36-25-26-37-35-21-13-15-23-41(35)53(43(37)42(36)52)46-50-44(31-16-8-6-9-17-31)49-45(51-46)32-18-10-7-11-19-32/h6-28,30H,29H2,1-5H3. The van der Waals surface area contributed by atoms with Gasteiger partial charge in [0.25, 0.3) is 0 Å². The molecule has 5 nitrogen and oxygen atoms in total. The number of hydrogen-bond acceptors (Lipinski definition) is 3. The van der Waals surface area contributed by atoms with Gasteiger partial charge in [0, 0.05) is 38.4 Å². The van der Waals surface area contributed by atoms with Gasteiger partial charge in [0.15, 0.2) is 11.6 Å². The highest BCUT2D eigenvalue weighted by atomic mass is 15.2. The second-order valence-electron chi connectivity index (χ2n) is 16.0. The molecule has 9 aromatic rings. The van der Waals surface area contributed by atoms with E-state index in [1.807, 2.05) is 36.4 Å². The van der Waals surface area contributed by atoms with Gasteiger partial charge in [-0.15, -0.1) is 0 Å². The molecule has 1 aliphatic carbocycles. The molecule has 6 aromatic carbocycles. The topological polar surface area (TPSA) is 48.5 Å². The normalized spacial score (nSPS) is 16.4. The monoisotopic (exact) mass is 687 g/mol. The van der Waals surface area contributed by atoms with Gasteiger partial charge in [-0.3, -0.25) is 4.57 Å². The summed E-state index contributed by atoms with van der Waals surface area (Å²) < 4.78 is 4.76. The van der Waals surface area contributed by atoms with Crippen molar-refractivity contribution in [3.05, 3.63) is 151 Å². The minimum atomic E-state index is 0.0381. The van der Waals surface area contributed by atoms with E-state index in [2.05, 4.69) is 147 Å². The first-order chi connectivity index (χ1) is 25.7. The minimum Gasteiger partial charge on any atom is -0.307 e. The van der Waals surface area contributed by atoms with Crippen molar-refractivity contribution in [2.75, 3.05) is 0 Å². The van der Waals surface area contributed by atoms with Crippen molar-refractivity contribution in [1.29, 1.82) is 0 Å². The lowest BCUT2D eigenvalue weighted by atomic mass is 9.58. The maximum atomic E-state index is 5.27. The Morgan fingerprint density at radius 3 is 1.60 bits per heavy atom. The summed E-state index contributed by atoms with van der Waals surface area (Å²) in [5.74, 6) is 2.42. The molecule has 0 N–H and O–H groups in total. The molecule has 5 heteroatoms. The molecular weight excluding hydrogens is 647 g/mol. The third-order valence-corrected chi connectivity index (χ3v) is 12.1. The molecule has 0 saturated heterocycles. The lowest BCUT2D eigenvalue weighted by Gasteiger charge is -2.46. The fourth-order valence-corrected chi connectivity index (χ4v) is 9.06. The van der Waals surface area contributed by atoms with E-state index >= 15 is 0 Å². The maximum Gasteiger partial charge on any atom is 0.238 e. The van der Waals surface area contributed by atoms with E-state index in [1.165, 1.54) is 39.5 Å². The molecule has 3 aromatic heterocycles. The predicted molar refractivity (Wildman–Crippen MR) is 219 cm³/mol. The summed E-state index contributed by atoms with van der Waals surface area (Å²) in [6.45, 7) is 12.1. The Morgan fingerprint density at radius 1 is 0.509 bits per heavy atom. The molecule has 0 aliphatic heterocycles. The Balaban J connectivity index is 1.35. The average molecular weight is 688 g/mol. The quantitative estimate of drug-likeness (QED) is 0.185. The predicted octanol–water partition coefficient (Wildman–Crippen LogP) is 12.0. The Kier molecular flexibility index (Phi) is 6.85. The molecule has 0 radical (unpaired) electrons. The van der Waals surface area contributed by atoms with E-state index in [1.54, 1.807) is 0 Å². The van der Waals surface area contributed by atoms with E-state index in [9.17, 15) is 0 Å². The van der Waals surface area contributed by atoms with E-state index in [0.717, 1.165) is 38.4 Å². The number of rotatable bonds is 4. The highest BCUT2D eigenvalue weighted by molar-refractivity contribution is 6.23. The molecule has 0 saturated carbocycles. The van der Waals surface area contributed by atoms with Crippen LogP contribution in [0.15, 0.2) is 140 Å². The van der Waals surface area contributed by atoms with Gasteiger partial charge in [0.05, 0.1) is 22.1 Å². The third kappa shape index (κ3) is 4.73.